The predicted octanol–water partition coefficient (Wildman–Crippen LogP) is 2.77. The minimum atomic E-state index is -0.0996. The predicted molar refractivity (Wildman–Crippen MR) is 71.8 cm³/mol. The molecular formula is C14H17N3O. The lowest BCUT2D eigenvalue weighted by Crippen LogP contribution is -2.13. The molecule has 1 heterocycles. The van der Waals surface area contributed by atoms with Crippen LogP contribution in [0.2, 0.25) is 0 Å². The highest BCUT2D eigenvalue weighted by Gasteiger charge is 2.14. The summed E-state index contributed by atoms with van der Waals surface area (Å²) in [7, 11) is 0. The number of aryl methyl sites for hydroxylation is 2. The fraction of sp³-hybridized carbons (Fsp3) is 0.286. The van der Waals surface area contributed by atoms with Crippen LogP contribution < -0.4 is 5.32 Å². The lowest BCUT2D eigenvalue weighted by Gasteiger charge is -2.06. The maximum atomic E-state index is 12.1. The van der Waals surface area contributed by atoms with Crippen molar-refractivity contribution in [2.24, 2.45) is 0 Å². The molecule has 1 aromatic carbocycles. The van der Waals surface area contributed by atoms with Gasteiger partial charge in [-0.1, -0.05) is 18.2 Å². The number of hydrogen-bond donors (Lipinski definition) is 1. The summed E-state index contributed by atoms with van der Waals surface area (Å²) >= 11 is 0. The number of amides is 1. The van der Waals surface area contributed by atoms with Crippen molar-refractivity contribution < 1.29 is 4.79 Å². The molecule has 0 saturated heterocycles. The third-order valence-electron chi connectivity index (χ3n) is 2.96. The average Bonchev–Trinajstić information content (AvgIpc) is 2.67. The molecule has 4 heteroatoms. The van der Waals surface area contributed by atoms with Crippen molar-refractivity contribution in [3.05, 3.63) is 47.3 Å². The van der Waals surface area contributed by atoms with E-state index < -0.39 is 0 Å². The van der Waals surface area contributed by atoms with Gasteiger partial charge in [-0.15, -0.1) is 0 Å². The van der Waals surface area contributed by atoms with E-state index in [0.29, 0.717) is 5.56 Å². The maximum Gasteiger partial charge on any atom is 0.255 e. The van der Waals surface area contributed by atoms with Gasteiger partial charge < -0.3 is 5.32 Å². The number of hydrogen-bond acceptors (Lipinski definition) is 2. The van der Waals surface area contributed by atoms with Crippen LogP contribution in [0.1, 0.15) is 28.7 Å². The zero-order valence-electron chi connectivity index (χ0n) is 10.9. The first kappa shape index (κ1) is 12.4. The van der Waals surface area contributed by atoms with Crippen LogP contribution in [-0.4, -0.2) is 15.7 Å². The second-order valence-electron chi connectivity index (χ2n) is 4.18. The van der Waals surface area contributed by atoms with Gasteiger partial charge in [0.25, 0.3) is 5.91 Å². The molecule has 0 spiro atoms. The Morgan fingerprint density at radius 2 is 1.94 bits per heavy atom. The van der Waals surface area contributed by atoms with E-state index >= 15 is 0 Å². The molecule has 4 nitrogen and oxygen atoms in total. The van der Waals surface area contributed by atoms with E-state index in [0.717, 1.165) is 23.6 Å². The van der Waals surface area contributed by atoms with E-state index in [1.807, 2.05) is 43.7 Å². The lowest BCUT2D eigenvalue weighted by molar-refractivity contribution is 0.102. The maximum absolute atomic E-state index is 12.1. The van der Waals surface area contributed by atoms with Gasteiger partial charge in [0.1, 0.15) is 0 Å². The van der Waals surface area contributed by atoms with Crippen LogP contribution in [0.4, 0.5) is 5.69 Å². The molecule has 0 aliphatic rings. The second-order valence-corrected chi connectivity index (χ2v) is 4.18. The molecule has 1 amide bonds. The van der Waals surface area contributed by atoms with E-state index in [9.17, 15) is 4.79 Å². The molecule has 0 radical (unpaired) electrons. The number of nitrogens with zero attached hydrogens (tertiary/aromatic N) is 2. The summed E-state index contributed by atoms with van der Waals surface area (Å²) in [5.41, 5.74) is 3.30. The van der Waals surface area contributed by atoms with Crippen LogP contribution in [-0.2, 0) is 6.54 Å². The highest BCUT2D eigenvalue weighted by molar-refractivity contribution is 6.04. The first-order valence-corrected chi connectivity index (χ1v) is 6.04. The number of benzene rings is 1. The molecule has 0 fully saturated rings. The smallest absolute Gasteiger partial charge is 0.255 e. The van der Waals surface area contributed by atoms with Crippen LogP contribution in [0.15, 0.2) is 30.3 Å². The van der Waals surface area contributed by atoms with E-state index in [4.69, 9.17) is 0 Å². The molecule has 0 aliphatic heterocycles. The highest BCUT2D eigenvalue weighted by Crippen LogP contribution is 2.20. The van der Waals surface area contributed by atoms with Crippen molar-refractivity contribution in [1.29, 1.82) is 0 Å². The van der Waals surface area contributed by atoms with E-state index in [2.05, 4.69) is 10.4 Å². The molecule has 1 N–H and O–H groups in total. The lowest BCUT2D eigenvalue weighted by atomic mass is 10.2. The summed E-state index contributed by atoms with van der Waals surface area (Å²) in [6, 6.07) is 9.19. The molecule has 0 saturated carbocycles. The zero-order chi connectivity index (χ0) is 13.1. The van der Waals surface area contributed by atoms with Crippen molar-refractivity contribution in [2.75, 3.05) is 5.32 Å². The van der Waals surface area contributed by atoms with Gasteiger partial charge in [-0.2, -0.15) is 5.10 Å². The third kappa shape index (κ3) is 2.27. The summed E-state index contributed by atoms with van der Waals surface area (Å²) in [5.74, 6) is -0.0996. The fourth-order valence-electron chi connectivity index (χ4n) is 1.96. The Hall–Kier alpha value is -2.10. The normalized spacial score (nSPS) is 10.4. The first-order valence-electron chi connectivity index (χ1n) is 6.04. The number of carbonyl (C=O) groups excluding carboxylic acids is 1. The molecule has 0 aliphatic carbocycles. The van der Waals surface area contributed by atoms with Gasteiger partial charge in [0, 0.05) is 12.1 Å². The topological polar surface area (TPSA) is 46.9 Å². The summed E-state index contributed by atoms with van der Waals surface area (Å²) in [6.45, 7) is 6.69. The SMILES string of the molecule is CCn1nc(C)c(NC(=O)c2ccccc2)c1C. The third-order valence-corrected chi connectivity index (χ3v) is 2.96. The average molecular weight is 243 g/mol. The Labute approximate surface area is 107 Å². The van der Waals surface area contributed by atoms with Gasteiger partial charge in [-0.25, -0.2) is 0 Å². The molecule has 2 rings (SSSR count). The molecule has 0 bridgehead atoms. The Bertz CT molecular complexity index is 558. The molecule has 0 unspecified atom stereocenters. The van der Waals surface area contributed by atoms with Crippen LogP contribution in [0.3, 0.4) is 0 Å². The zero-order valence-corrected chi connectivity index (χ0v) is 10.9. The quantitative estimate of drug-likeness (QED) is 0.901. The van der Waals surface area contributed by atoms with E-state index in [1.54, 1.807) is 12.1 Å². The Morgan fingerprint density at radius 1 is 1.28 bits per heavy atom. The number of carbonyl (C=O) groups is 1. The number of nitrogens with one attached hydrogen (secondary N) is 1. The molecular weight excluding hydrogens is 226 g/mol. The standard InChI is InChI=1S/C14H17N3O/c1-4-17-11(3)13(10(2)16-17)15-14(18)12-8-6-5-7-9-12/h5-9H,4H2,1-3H3,(H,15,18). The summed E-state index contributed by atoms with van der Waals surface area (Å²) in [4.78, 5) is 12.1. The second kappa shape index (κ2) is 5.04. The van der Waals surface area contributed by atoms with E-state index in [1.165, 1.54) is 0 Å². The van der Waals surface area contributed by atoms with Crippen LogP contribution in [0, 0.1) is 13.8 Å². The fourth-order valence-corrected chi connectivity index (χ4v) is 1.96. The van der Waals surface area contributed by atoms with Crippen LogP contribution in [0.25, 0.3) is 0 Å². The summed E-state index contributed by atoms with van der Waals surface area (Å²) in [6.07, 6.45) is 0. The Morgan fingerprint density at radius 3 is 2.50 bits per heavy atom. The van der Waals surface area contributed by atoms with Crippen molar-refractivity contribution in [2.45, 2.75) is 27.3 Å². The first-order chi connectivity index (χ1) is 8.63. The van der Waals surface area contributed by atoms with Crippen molar-refractivity contribution >= 4 is 11.6 Å². The Balaban J connectivity index is 2.25. The molecule has 94 valence electrons. The minimum Gasteiger partial charge on any atom is -0.319 e. The van der Waals surface area contributed by atoms with E-state index in [-0.39, 0.29) is 5.91 Å². The highest BCUT2D eigenvalue weighted by atomic mass is 16.1. The van der Waals surface area contributed by atoms with Crippen molar-refractivity contribution in [1.82, 2.24) is 9.78 Å². The van der Waals surface area contributed by atoms with Crippen molar-refractivity contribution in [3.8, 4) is 0 Å². The molecule has 2 aromatic rings. The molecule has 1 aromatic heterocycles. The minimum absolute atomic E-state index is 0.0996. The molecule has 0 atom stereocenters. The largest absolute Gasteiger partial charge is 0.319 e. The summed E-state index contributed by atoms with van der Waals surface area (Å²) in [5, 5.41) is 7.30. The van der Waals surface area contributed by atoms with Gasteiger partial charge in [0.15, 0.2) is 0 Å². The Kier molecular flexibility index (Phi) is 3.46. The van der Waals surface area contributed by atoms with Gasteiger partial charge in [-0.05, 0) is 32.9 Å². The van der Waals surface area contributed by atoms with Crippen LogP contribution in [0.5, 0.6) is 0 Å². The van der Waals surface area contributed by atoms with Crippen molar-refractivity contribution in [3.63, 3.8) is 0 Å². The summed E-state index contributed by atoms with van der Waals surface area (Å²) < 4.78 is 1.88. The van der Waals surface area contributed by atoms with Gasteiger partial charge >= 0.3 is 0 Å². The number of rotatable bonds is 3. The monoisotopic (exact) mass is 243 g/mol. The van der Waals surface area contributed by atoms with Gasteiger partial charge in [0.05, 0.1) is 17.1 Å². The van der Waals surface area contributed by atoms with Gasteiger partial charge in [0.2, 0.25) is 0 Å². The number of aromatic nitrogens is 2. The molecule has 18 heavy (non-hydrogen) atoms. The van der Waals surface area contributed by atoms with Crippen LogP contribution >= 0.6 is 0 Å². The number of anilines is 1. The van der Waals surface area contributed by atoms with Gasteiger partial charge in [-0.3, -0.25) is 9.48 Å².